The quantitative estimate of drug-likeness (QED) is 0.604. The first-order chi connectivity index (χ1) is 15.0. The summed E-state index contributed by atoms with van der Waals surface area (Å²) in [7, 11) is 0. The molecule has 2 aromatic rings. The van der Waals surface area contributed by atoms with Gasteiger partial charge in [-0.05, 0) is 37.1 Å². The first kappa shape index (κ1) is 21.6. The van der Waals surface area contributed by atoms with Crippen LogP contribution in [0.5, 0.6) is 0 Å². The maximum absolute atomic E-state index is 12.7. The Bertz CT molecular complexity index is 1150. The highest BCUT2D eigenvalue weighted by Gasteiger charge is 2.38. The van der Waals surface area contributed by atoms with E-state index in [0.29, 0.717) is 45.5 Å². The van der Waals surface area contributed by atoms with Gasteiger partial charge in [-0.2, -0.15) is 5.26 Å². The van der Waals surface area contributed by atoms with E-state index >= 15 is 0 Å². The fourth-order valence-corrected chi connectivity index (χ4v) is 4.91. The molecule has 0 radical (unpaired) electrons. The number of nitriles is 1. The number of Topliss-reactive ketones (excluding diaryl/α,β-unsaturated/α-hetero) is 1. The molecule has 1 amide bonds. The molecule has 1 atom stereocenters. The van der Waals surface area contributed by atoms with Crippen molar-refractivity contribution >= 4 is 52.3 Å². The van der Waals surface area contributed by atoms with Crippen molar-refractivity contribution in [3.8, 4) is 6.07 Å². The Morgan fingerprint density at radius 2 is 2.13 bits per heavy atom. The number of carbonyl (C=O) groups is 2. The highest BCUT2D eigenvalue weighted by Crippen LogP contribution is 2.44. The second-order valence-corrected chi connectivity index (χ2v) is 8.81. The standard InChI is InChI=1S/C22H17Cl2N3O3S/c23-13-4-1-6-15(21(13)24)26-18(29)11-31-22-12(10-25)19(17-8-3-9-30-17)20-14(27-22)5-2-7-16(20)28/h1,3-4,6,8-9,19,27H,2,5,7,11H2,(H,26,29)/t19-/m0/s1. The molecule has 0 saturated heterocycles. The number of dihydropyridines is 1. The number of benzene rings is 1. The van der Waals surface area contributed by atoms with Gasteiger partial charge in [-0.25, -0.2) is 0 Å². The van der Waals surface area contributed by atoms with E-state index in [1.165, 1.54) is 18.0 Å². The van der Waals surface area contributed by atoms with Crippen molar-refractivity contribution in [3.63, 3.8) is 0 Å². The number of nitrogens with zero attached hydrogens (tertiary/aromatic N) is 1. The summed E-state index contributed by atoms with van der Waals surface area (Å²) in [4.78, 5) is 25.2. The molecule has 1 aromatic heterocycles. The van der Waals surface area contributed by atoms with Crippen LogP contribution in [-0.2, 0) is 9.59 Å². The van der Waals surface area contributed by atoms with E-state index in [1.807, 2.05) is 0 Å². The largest absolute Gasteiger partial charge is 0.468 e. The molecule has 0 bridgehead atoms. The molecule has 1 aromatic carbocycles. The smallest absolute Gasteiger partial charge is 0.234 e. The van der Waals surface area contributed by atoms with Crippen molar-refractivity contribution in [3.05, 3.63) is 74.3 Å². The van der Waals surface area contributed by atoms with E-state index in [4.69, 9.17) is 27.6 Å². The second-order valence-electron chi connectivity index (χ2n) is 7.04. The monoisotopic (exact) mass is 473 g/mol. The molecule has 0 unspecified atom stereocenters. The van der Waals surface area contributed by atoms with Crippen LogP contribution in [0.15, 0.2) is 62.9 Å². The molecule has 1 aliphatic carbocycles. The molecule has 2 heterocycles. The normalized spacial score (nSPS) is 18.4. The van der Waals surface area contributed by atoms with Gasteiger partial charge in [-0.1, -0.05) is 41.0 Å². The Labute approximate surface area is 193 Å². The Morgan fingerprint density at radius 3 is 2.87 bits per heavy atom. The van der Waals surface area contributed by atoms with Crippen molar-refractivity contribution in [1.29, 1.82) is 5.26 Å². The number of hydrogen-bond donors (Lipinski definition) is 2. The minimum atomic E-state index is -0.572. The zero-order chi connectivity index (χ0) is 22.0. The van der Waals surface area contributed by atoms with Gasteiger partial charge in [0.05, 0.1) is 50.3 Å². The van der Waals surface area contributed by atoms with Crippen molar-refractivity contribution in [1.82, 2.24) is 5.32 Å². The highest BCUT2D eigenvalue weighted by molar-refractivity contribution is 8.03. The van der Waals surface area contributed by atoms with Crippen LogP contribution in [-0.4, -0.2) is 17.4 Å². The molecule has 158 valence electrons. The molecule has 9 heteroatoms. The number of amides is 1. The summed E-state index contributed by atoms with van der Waals surface area (Å²) in [5, 5.41) is 17.0. The van der Waals surface area contributed by atoms with Crippen LogP contribution in [0.3, 0.4) is 0 Å². The first-order valence-corrected chi connectivity index (χ1v) is 11.3. The molecule has 0 spiro atoms. The summed E-state index contributed by atoms with van der Waals surface area (Å²) in [6, 6.07) is 10.7. The Morgan fingerprint density at radius 1 is 1.29 bits per heavy atom. The number of carbonyl (C=O) groups excluding carboxylic acids is 2. The minimum Gasteiger partial charge on any atom is -0.468 e. The van der Waals surface area contributed by atoms with E-state index in [2.05, 4.69) is 16.7 Å². The lowest BCUT2D eigenvalue weighted by Crippen LogP contribution is -2.31. The summed E-state index contributed by atoms with van der Waals surface area (Å²) in [5.74, 6) is -0.279. The van der Waals surface area contributed by atoms with Gasteiger partial charge in [0.1, 0.15) is 5.76 Å². The summed E-state index contributed by atoms with van der Waals surface area (Å²) >= 11 is 13.3. The van der Waals surface area contributed by atoms with Crippen LogP contribution < -0.4 is 10.6 Å². The molecule has 0 saturated carbocycles. The van der Waals surface area contributed by atoms with E-state index in [1.54, 1.807) is 30.3 Å². The minimum absolute atomic E-state index is 0.0142. The third-order valence-corrected chi connectivity index (χ3v) is 6.90. The Kier molecular flexibility index (Phi) is 6.42. The zero-order valence-corrected chi connectivity index (χ0v) is 18.5. The molecule has 0 fully saturated rings. The fourth-order valence-electron chi connectivity index (χ4n) is 3.70. The Balaban J connectivity index is 1.58. The maximum atomic E-state index is 12.7. The van der Waals surface area contributed by atoms with Gasteiger partial charge < -0.3 is 15.1 Å². The van der Waals surface area contributed by atoms with E-state index in [-0.39, 0.29) is 22.5 Å². The number of nitrogens with one attached hydrogen (secondary N) is 2. The molecular weight excluding hydrogens is 457 g/mol. The summed E-state index contributed by atoms with van der Waals surface area (Å²) in [5.41, 5.74) is 2.15. The first-order valence-electron chi connectivity index (χ1n) is 9.57. The van der Waals surface area contributed by atoms with Crippen molar-refractivity contribution in [2.45, 2.75) is 25.2 Å². The van der Waals surface area contributed by atoms with Crippen LogP contribution in [0, 0.1) is 11.3 Å². The number of anilines is 1. The molecule has 31 heavy (non-hydrogen) atoms. The zero-order valence-electron chi connectivity index (χ0n) is 16.2. The van der Waals surface area contributed by atoms with E-state index in [9.17, 15) is 14.9 Å². The third-order valence-electron chi connectivity index (χ3n) is 5.06. The predicted octanol–water partition coefficient (Wildman–Crippen LogP) is 5.39. The molecule has 6 nitrogen and oxygen atoms in total. The van der Waals surface area contributed by atoms with Crippen LogP contribution in [0.4, 0.5) is 5.69 Å². The van der Waals surface area contributed by atoms with Crippen molar-refractivity contribution in [2.24, 2.45) is 0 Å². The Hall–Kier alpha value is -2.66. The molecule has 2 aliphatic rings. The third kappa shape index (κ3) is 4.38. The molecular formula is C22H17Cl2N3O3S. The van der Waals surface area contributed by atoms with Crippen LogP contribution in [0.1, 0.15) is 30.9 Å². The molecule has 2 N–H and O–H groups in total. The van der Waals surface area contributed by atoms with Crippen molar-refractivity contribution in [2.75, 3.05) is 11.1 Å². The highest BCUT2D eigenvalue weighted by atomic mass is 35.5. The fraction of sp³-hybridized carbons (Fsp3) is 0.227. The van der Waals surface area contributed by atoms with E-state index < -0.39 is 5.92 Å². The van der Waals surface area contributed by atoms with Gasteiger partial charge in [-0.3, -0.25) is 9.59 Å². The SMILES string of the molecule is N#CC1=C(SCC(=O)Nc2cccc(Cl)c2Cl)NC2=C(C(=O)CCC2)[C@@H]1c1ccco1. The van der Waals surface area contributed by atoms with Gasteiger partial charge >= 0.3 is 0 Å². The summed E-state index contributed by atoms with van der Waals surface area (Å²) in [6.07, 6.45) is 3.41. The lowest BCUT2D eigenvalue weighted by Gasteiger charge is -2.32. The number of furan rings is 1. The summed E-state index contributed by atoms with van der Waals surface area (Å²) < 4.78 is 5.56. The van der Waals surface area contributed by atoms with Crippen molar-refractivity contribution < 1.29 is 14.0 Å². The van der Waals surface area contributed by atoms with Gasteiger partial charge in [-0.15, -0.1) is 0 Å². The lowest BCUT2D eigenvalue weighted by molar-refractivity contribution is -0.116. The van der Waals surface area contributed by atoms with Gasteiger partial charge in [0.15, 0.2) is 5.78 Å². The topological polar surface area (TPSA) is 95.1 Å². The van der Waals surface area contributed by atoms with Crippen LogP contribution in [0.25, 0.3) is 0 Å². The maximum Gasteiger partial charge on any atom is 0.234 e. The number of ketones is 1. The molecule has 4 rings (SSSR count). The average molecular weight is 474 g/mol. The van der Waals surface area contributed by atoms with Gasteiger partial charge in [0, 0.05) is 17.7 Å². The molecule has 1 aliphatic heterocycles. The number of halogens is 2. The average Bonchev–Trinajstić information content (AvgIpc) is 3.29. The van der Waals surface area contributed by atoms with Crippen LogP contribution >= 0.6 is 35.0 Å². The van der Waals surface area contributed by atoms with E-state index in [0.717, 1.165) is 12.1 Å². The predicted molar refractivity (Wildman–Crippen MR) is 121 cm³/mol. The number of allylic oxidation sites excluding steroid dienone is 3. The number of hydrogen-bond acceptors (Lipinski definition) is 6. The van der Waals surface area contributed by atoms with Gasteiger partial charge in [0.25, 0.3) is 0 Å². The lowest BCUT2D eigenvalue weighted by atomic mass is 9.79. The van der Waals surface area contributed by atoms with Gasteiger partial charge in [0.2, 0.25) is 5.91 Å². The number of thioether (sulfide) groups is 1. The second kappa shape index (κ2) is 9.23. The number of rotatable bonds is 5. The summed E-state index contributed by atoms with van der Waals surface area (Å²) in [6.45, 7) is 0. The van der Waals surface area contributed by atoms with Crippen LogP contribution in [0.2, 0.25) is 10.0 Å².